The fourth-order valence-electron chi connectivity index (χ4n) is 7.41. The predicted molar refractivity (Wildman–Crippen MR) is 212 cm³/mol. The summed E-state index contributed by atoms with van der Waals surface area (Å²) < 4.78 is 12.7. The zero-order chi connectivity index (χ0) is 33.7. The Hall–Kier alpha value is -6.84. The van der Waals surface area contributed by atoms with Crippen LogP contribution in [-0.2, 0) is 0 Å². The van der Waals surface area contributed by atoms with Crippen molar-refractivity contribution in [3.8, 4) is 33.4 Å². The van der Waals surface area contributed by atoms with Crippen molar-refractivity contribution in [1.29, 1.82) is 0 Å². The van der Waals surface area contributed by atoms with Gasteiger partial charge in [-0.3, -0.25) is 0 Å². The van der Waals surface area contributed by atoms with Crippen LogP contribution in [0.1, 0.15) is 0 Å². The lowest BCUT2D eigenvalue weighted by Gasteiger charge is -2.27. The molecule has 3 nitrogen and oxygen atoms in total. The number of fused-ring (bicyclic) bond motifs is 6. The number of hydrogen-bond donors (Lipinski definition) is 0. The first-order chi connectivity index (χ1) is 25.3. The van der Waals surface area contributed by atoms with Gasteiger partial charge in [-0.2, -0.15) is 0 Å². The summed E-state index contributed by atoms with van der Waals surface area (Å²) in [5.74, 6) is 0. The molecule has 2 aromatic heterocycles. The third kappa shape index (κ3) is 5.06. The largest absolute Gasteiger partial charge is 0.456 e. The molecule has 0 N–H and O–H groups in total. The maximum absolute atomic E-state index is 6.38. The Morgan fingerprint density at radius 1 is 0.294 bits per heavy atom. The molecule has 0 saturated heterocycles. The predicted octanol–water partition coefficient (Wildman–Crippen LogP) is 14.0. The van der Waals surface area contributed by atoms with E-state index in [1.165, 1.54) is 11.1 Å². The van der Waals surface area contributed by atoms with E-state index in [9.17, 15) is 0 Å². The lowest BCUT2D eigenvalue weighted by atomic mass is 9.99. The molecular formula is C48H31NO2. The van der Waals surface area contributed by atoms with E-state index < -0.39 is 0 Å². The first kappa shape index (κ1) is 29.1. The van der Waals surface area contributed by atoms with Crippen LogP contribution < -0.4 is 4.90 Å². The minimum Gasteiger partial charge on any atom is -0.456 e. The topological polar surface area (TPSA) is 29.5 Å². The fraction of sp³-hybridized carbons (Fsp3) is 0. The molecule has 51 heavy (non-hydrogen) atoms. The van der Waals surface area contributed by atoms with Crippen LogP contribution in [0.25, 0.3) is 77.3 Å². The van der Waals surface area contributed by atoms with Gasteiger partial charge in [-0.25, -0.2) is 0 Å². The summed E-state index contributed by atoms with van der Waals surface area (Å²) in [5.41, 5.74) is 13.6. The van der Waals surface area contributed by atoms with Crippen LogP contribution in [0.4, 0.5) is 17.1 Å². The van der Waals surface area contributed by atoms with Crippen molar-refractivity contribution in [3.63, 3.8) is 0 Å². The number of rotatable bonds is 6. The van der Waals surface area contributed by atoms with Gasteiger partial charge < -0.3 is 13.7 Å². The average Bonchev–Trinajstić information content (AvgIpc) is 3.77. The molecule has 0 atom stereocenters. The van der Waals surface area contributed by atoms with Gasteiger partial charge in [0.2, 0.25) is 0 Å². The summed E-state index contributed by atoms with van der Waals surface area (Å²) in [4.78, 5) is 2.36. The Morgan fingerprint density at radius 3 is 1.51 bits per heavy atom. The van der Waals surface area contributed by atoms with Crippen molar-refractivity contribution in [2.45, 2.75) is 0 Å². The molecule has 10 aromatic rings. The molecule has 0 bridgehead atoms. The molecule has 0 aliphatic heterocycles. The zero-order valence-electron chi connectivity index (χ0n) is 27.7. The highest BCUT2D eigenvalue weighted by molar-refractivity contribution is 6.13. The van der Waals surface area contributed by atoms with Crippen molar-refractivity contribution >= 4 is 60.9 Å². The highest BCUT2D eigenvalue weighted by Crippen LogP contribution is 2.44. The summed E-state index contributed by atoms with van der Waals surface area (Å²) in [5, 5.41) is 4.43. The van der Waals surface area contributed by atoms with Gasteiger partial charge in [-0.05, 0) is 94.0 Å². The molecule has 0 saturated carbocycles. The molecule has 0 unspecified atom stereocenters. The highest BCUT2D eigenvalue weighted by atomic mass is 16.3. The van der Waals surface area contributed by atoms with Gasteiger partial charge in [0.05, 0.1) is 11.1 Å². The monoisotopic (exact) mass is 653 g/mol. The molecule has 0 spiro atoms. The quantitative estimate of drug-likeness (QED) is 0.179. The van der Waals surface area contributed by atoms with Gasteiger partial charge in [-0.15, -0.1) is 0 Å². The second kappa shape index (κ2) is 11.9. The minimum absolute atomic E-state index is 0.859. The van der Waals surface area contributed by atoms with Crippen LogP contribution in [0.2, 0.25) is 0 Å². The van der Waals surface area contributed by atoms with E-state index in [1.54, 1.807) is 0 Å². The van der Waals surface area contributed by atoms with Crippen molar-refractivity contribution in [1.82, 2.24) is 0 Å². The van der Waals surface area contributed by atoms with Crippen LogP contribution in [-0.4, -0.2) is 0 Å². The van der Waals surface area contributed by atoms with Crippen LogP contribution >= 0.6 is 0 Å². The lowest BCUT2D eigenvalue weighted by Crippen LogP contribution is -2.10. The summed E-state index contributed by atoms with van der Waals surface area (Å²) in [7, 11) is 0. The Labute approximate surface area is 295 Å². The van der Waals surface area contributed by atoms with E-state index in [1.807, 2.05) is 24.3 Å². The van der Waals surface area contributed by atoms with Gasteiger partial charge in [0.25, 0.3) is 0 Å². The van der Waals surface area contributed by atoms with Gasteiger partial charge in [0.1, 0.15) is 22.3 Å². The van der Waals surface area contributed by atoms with E-state index >= 15 is 0 Å². The van der Waals surface area contributed by atoms with Crippen molar-refractivity contribution in [2.24, 2.45) is 0 Å². The first-order valence-corrected chi connectivity index (χ1v) is 17.2. The smallest absolute Gasteiger partial charge is 0.137 e. The number of nitrogens with zero attached hydrogens (tertiary/aromatic N) is 1. The molecule has 0 fully saturated rings. The second-order valence-corrected chi connectivity index (χ2v) is 12.9. The third-order valence-electron chi connectivity index (χ3n) is 9.87. The van der Waals surface area contributed by atoms with E-state index in [0.29, 0.717) is 0 Å². The number of hydrogen-bond acceptors (Lipinski definition) is 3. The Morgan fingerprint density at radius 2 is 0.765 bits per heavy atom. The number of para-hydroxylation sites is 2. The number of benzene rings is 8. The molecule has 0 aliphatic rings. The Kier molecular flexibility index (Phi) is 6.81. The average molecular weight is 654 g/mol. The van der Waals surface area contributed by atoms with Gasteiger partial charge in [0.15, 0.2) is 0 Å². The van der Waals surface area contributed by atoms with Crippen LogP contribution in [0.5, 0.6) is 0 Å². The molecule has 0 aliphatic carbocycles. The lowest BCUT2D eigenvalue weighted by molar-refractivity contribution is 0.668. The van der Waals surface area contributed by atoms with Crippen LogP contribution in [0.3, 0.4) is 0 Å². The molecule has 8 aromatic carbocycles. The SMILES string of the molecule is c1ccc(-c2ccc(-c3cccc(N(c4cccc(-c5ccc6c(c5)oc5ccccc56)c4)c4cccc5oc6ccccc6c45)c3)cc2)cc1. The second-order valence-electron chi connectivity index (χ2n) is 12.9. The Balaban J connectivity index is 1.13. The van der Waals surface area contributed by atoms with Crippen molar-refractivity contribution in [2.75, 3.05) is 4.90 Å². The summed E-state index contributed by atoms with van der Waals surface area (Å²) in [6.07, 6.45) is 0. The summed E-state index contributed by atoms with van der Waals surface area (Å²) in [6.45, 7) is 0. The minimum atomic E-state index is 0.859. The third-order valence-corrected chi connectivity index (χ3v) is 9.87. The van der Waals surface area contributed by atoms with Crippen LogP contribution in [0, 0.1) is 0 Å². The first-order valence-electron chi connectivity index (χ1n) is 17.2. The molecule has 0 amide bonds. The van der Waals surface area contributed by atoms with Gasteiger partial charge in [0, 0.05) is 27.5 Å². The summed E-state index contributed by atoms with van der Waals surface area (Å²) >= 11 is 0. The zero-order valence-corrected chi connectivity index (χ0v) is 27.7. The number of anilines is 3. The molecule has 2 heterocycles. The van der Waals surface area contributed by atoms with Crippen molar-refractivity contribution in [3.05, 3.63) is 188 Å². The number of furan rings is 2. The maximum atomic E-state index is 6.38. The highest BCUT2D eigenvalue weighted by Gasteiger charge is 2.20. The van der Waals surface area contributed by atoms with E-state index in [4.69, 9.17) is 8.83 Å². The molecule has 10 rings (SSSR count). The Bertz CT molecular complexity index is 2860. The maximum Gasteiger partial charge on any atom is 0.137 e. The van der Waals surface area contributed by atoms with Gasteiger partial charge in [-0.1, -0.05) is 127 Å². The molecule has 3 heteroatoms. The van der Waals surface area contributed by atoms with E-state index in [-0.39, 0.29) is 0 Å². The van der Waals surface area contributed by atoms with Crippen molar-refractivity contribution < 1.29 is 8.83 Å². The van der Waals surface area contributed by atoms with Gasteiger partial charge >= 0.3 is 0 Å². The molecule has 240 valence electrons. The van der Waals surface area contributed by atoms with E-state index in [0.717, 1.165) is 83.2 Å². The van der Waals surface area contributed by atoms with E-state index in [2.05, 4.69) is 169 Å². The van der Waals surface area contributed by atoms with Crippen LogP contribution in [0.15, 0.2) is 197 Å². The normalized spacial score (nSPS) is 11.5. The fourth-order valence-corrected chi connectivity index (χ4v) is 7.41. The summed E-state index contributed by atoms with van der Waals surface area (Å²) in [6, 6.07) is 66.3. The molecule has 0 radical (unpaired) electrons. The molecular weight excluding hydrogens is 623 g/mol. The standard InChI is InChI=1S/C48H31NO2/c1-2-11-32(12-3-1)33-23-25-34(26-24-33)35-13-8-15-38(29-35)49(43-19-10-22-46-48(43)42-18-5-7-21-45(42)50-46)39-16-9-14-36(30-39)37-27-28-41-40-17-4-6-20-44(40)51-47(41)31-37/h1-31H.